The zero-order valence-corrected chi connectivity index (χ0v) is 32.3. The molecule has 0 spiro atoms. The largest absolute Gasteiger partial charge is 0.286 e. The Bertz CT molecular complexity index is 1720. The van der Waals surface area contributed by atoms with Crippen molar-refractivity contribution in [2.75, 3.05) is 0 Å². The molecule has 2 aromatic rings. The average Bonchev–Trinajstić information content (AvgIpc) is 3.93. The second-order valence-electron chi connectivity index (χ2n) is 8.94. The molecule has 0 unspecified atom stereocenters. The summed E-state index contributed by atoms with van der Waals surface area (Å²) in [5, 5.41) is 80.0. The summed E-state index contributed by atoms with van der Waals surface area (Å²) in [5.41, 5.74) is -4.32. The van der Waals surface area contributed by atoms with Crippen LogP contribution in [0.3, 0.4) is 0 Å². The molecule has 6 rings (SSSR count). The van der Waals surface area contributed by atoms with Gasteiger partial charge in [0.2, 0.25) is 0 Å². The van der Waals surface area contributed by atoms with Crippen molar-refractivity contribution in [1.29, 1.82) is 0 Å². The third-order valence-electron chi connectivity index (χ3n) is 5.84. The summed E-state index contributed by atoms with van der Waals surface area (Å²) < 4.78 is 5.72. The molecule has 0 bridgehead atoms. The summed E-state index contributed by atoms with van der Waals surface area (Å²) in [5.74, 6) is 0. The highest BCUT2D eigenvalue weighted by Crippen LogP contribution is 2.51. The van der Waals surface area contributed by atoms with E-state index >= 15 is 0 Å². The Hall–Kier alpha value is -3.92. The lowest BCUT2D eigenvalue weighted by molar-refractivity contribution is -0.404. The lowest BCUT2D eigenvalue weighted by atomic mass is 10.1. The van der Waals surface area contributed by atoms with Crippen molar-refractivity contribution in [1.82, 2.24) is 0 Å². The first kappa shape index (κ1) is 42.5. The maximum atomic E-state index is 10.5. The molecule has 0 saturated heterocycles. The van der Waals surface area contributed by atoms with E-state index in [1.165, 1.54) is 30.8 Å². The molecule has 0 fully saturated rings. The first-order chi connectivity index (χ1) is 24.6. The number of nitrogens with zero attached hydrogens (tertiary/aromatic N) is 6. The third-order valence-corrected chi connectivity index (χ3v) is 15.4. The van der Waals surface area contributed by atoms with Crippen molar-refractivity contribution in [3.05, 3.63) is 156 Å². The van der Waals surface area contributed by atoms with Crippen molar-refractivity contribution in [2.45, 2.75) is 13.8 Å². The van der Waals surface area contributed by atoms with Gasteiger partial charge < -0.3 is 0 Å². The average molecular weight is 863 g/mol. The lowest BCUT2D eigenvalue weighted by Crippen LogP contribution is -2.00. The van der Waals surface area contributed by atoms with Crippen LogP contribution in [0.25, 0.3) is 0 Å². The van der Waals surface area contributed by atoms with E-state index in [4.69, 9.17) is 0 Å². The van der Waals surface area contributed by atoms with Gasteiger partial charge in [-0.25, -0.2) is 0 Å². The Labute approximate surface area is 325 Å². The van der Waals surface area contributed by atoms with E-state index in [1.807, 2.05) is 94.1 Å². The second-order valence-corrected chi connectivity index (χ2v) is 17.3. The van der Waals surface area contributed by atoms with Crippen molar-refractivity contribution < 1.29 is 29.5 Å². The molecule has 0 amide bonds. The van der Waals surface area contributed by atoms with Gasteiger partial charge in [-0.1, -0.05) is 94.1 Å². The third kappa shape index (κ3) is 12.1. The minimum atomic E-state index is -0.917. The second kappa shape index (κ2) is 20.4. The van der Waals surface area contributed by atoms with Crippen LogP contribution in [0.5, 0.6) is 0 Å². The zero-order valence-electron chi connectivity index (χ0n) is 25.8. The number of hydrogen-bond donors (Lipinski definition) is 0. The van der Waals surface area contributed by atoms with Crippen LogP contribution in [0.1, 0.15) is 11.1 Å². The SMILES string of the molecule is C1=CSC(=C2SC=CS2)S1.C1=CSC(=C2SC=CS2)S1.Cc1c([N+](=O)[O-])cc([N+](=O)[O-])cc1[N+](=O)[O-].Cc1c([N+](=O)[O-])cc([N+](=O)[O-])cc1[N+](=O)[O-]. The van der Waals surface area contributed by atoms with Gasteiger partial charge >= 0.3 is 0 Å². The van der Waals surface area contributed by atoms with Crippen LogP contribution in [0, 0.1) is 74.5 Å². The fourth-order valence-electron chi connectivity index (χ4n) is 3.52. The number of nitro benzene ring substituents is 6. The molecule has 0 saturated carbocycles. The van der Waals surface area contributed by atoms with E-state index < -0.39 is 63.7 Å². The first-order valence-corrected chi connectivity index (χ1v) is 20.2. The number of hydrogen-bond acceptors (Lipinski definition) is 20. The Morgan fingerprint density at radius 2 is 0.519 bits per heavy atom. The quantitative estimate of drug-likeness (QED) is 0.193. The van der Waals surface area contributed by atoms with E-state index in [1.54, 1.807) is 0 Å². The molecular formula is C26H18N6O12S8. The molecule has 4 heterocycles. The highest BCUT2D eigenvalue weighted by atomic mass is 32.2. The smallest absolute Gasteiger partial charge is 0.258 e. The predicted octanol–water partition coefficient (Wildman–Crippen LogP) is 11.5. The Morgan fingerprint density at radius 1 is 0.346 bits per heavy atom. The molecule has 4 aliphatic heterocycles. The summed E-state index contributed by atoms with van der Waals surface area (Å²) in [4.78, 5) is 57.6. The van der Waals surface area contributed by atoms with E-state index in [2.05, 4.69) is 43.3 Å². The minimum Gasteiger partial charge on any atom is -0.258 e. The Morgan fingerprint density at radius 3 is 0.654 bits per heavy atom. The minimum absolute atomic E-state index is 0.208. The maximum absolute atomic E-state index is 10.5. The van der Waals surface area contributed by atoms with Crippen LogP contribution in [0.15, 0.2) is 84.5 Å². The number of non-ortho nitro benzene ring substituents is 2. The summed E-state index contributed by atoms with van der Waals surface area (Å²) in [7, 11) is 0. The Balaban J connectivity index is 0.000000191. The van der Waals surface area contributed by atoms with Gasteiger partial charge in [-0.2, -0.15) is 0 Å². The predicted molar refractivity (Wildman–Crippen MR) is 214 cm³/mol. The molecule has 0 radical (unpaired) electrons. The van der Waals surface area contributed by atoms with E-state index in [0.29, 0.717) is 24.3 Å². The van der Waals surface area contributed by atoms with E-state index in [0.717, 1.165) is 0 Å². The summed E-state index contributed by atoms with van der Waals surface area (Å²) >= 11 is 14.6. The van der Waals surface area contributed by atoms with Gasteiger partial charge in [0.15, 0.2) is 0 Å². The van der Waals surface area contributed by atoms with Gasteiger partial charge in [-0.3, -0.25) is 60.7 Å². The maximum Gasteiger partial charge on any atom is 0.286 e. The molecular weight excluding hydrogens is 845 g/mol. The summed E-state index contributed by atoms with van der Waals surface area (Å²) in [6.07, 6.45) is 0. The molecule has 26 heteroatoms. The topological polar surface area (TPSA) is 259 Å². The zero-order chi connectivity index (χ0) is 38.5. The van der Waals surface area contributed by atoms with Crippen LogP contribution >= 0.6 is 94.1 Å². The van der Waals surface area contributed by atoms with Gasteiger partial charge in [-0.05, 0) is 57.1 Å². The molecule has 0 atom stereocenters. The molecule has 4 aliphatic rings. The normalized spacial score (nSPS) is 15.0. The monoisotopic (exact) mass is 862 g/mol. The van der Waals surface area contributed by atoms with Crippen molar-refractivity contribution >= 4 is 128 Å². The number of benzene rings is 2. The van der Waals surface area contributed by atoms with Crippen molar-refractivity contribution in [3.63, 3.8) is 0 Å². The molecule has 0 aromatic heterocycles. The van der Waals surface area contributed by atoms with Crippen LogP contribution in [0.2, 0.25) is 0 Å². The standard InChI is InChI=1S/2C7H5N3O6.2C6H4S4/c2*1-4-6(9(13)14)2-5(8(11)12)3-7(4)10(15)16;2*1-2-8-5(7-1)6-9-3-4-10-6/h2*2-3H,1H3;2*1-4H. The number of thioether (sulfide) groups is 8. The van der Waals surface area contributed by atoms with Crippen LogP contribution in [0.4, 0.5) is 34.1 Å². The molecule has 52 heavy (non-hydrogen) atoms. The molecule has 0 aliphatic carbocycles. The lowest BCUT2D eigenvalue weighted by Gasteiger charge is -1.99. The van der Waals surface area contributed by atoms with Gasteiger partial charge in [0.05, 0.1) is 70.8 Å². The van der Waals surface area contributed by atoms with Gasteiger partial charge in [0.25, 0.3) is 34.1 Å². The highest BCUT2D eigenvalue weighted by molar-refractivity contribution is 8.34. The number of nitro groups is 6. The van der Waals surface area contributed by atoms with Crippen LogP contribution in [-0.2, 0) is 0 Å². The molecule has 0 N–H and O–H groups in total. The van der Waals surface area contributed by atoms with Gasteiger partial charge in [0.1, 0.15) is 11.1 Å². The molecule has 2 aromatic carbocycles. The molecule has 272 valence electrons. The van der Waals surface area contributed by atoms with Crippen LogP contribution in [-0.4, -0.2) is 29.5 Å². The molecule has 18 nitrogen and oxygen atoms in total. The highest BCUT2D eigenvalue weighted by Gasteiger charge is 2.28. The summed E-state index contributed by atoms with van der Waals surface area (Å²) in [6.45, 7) is 2.33. The van der Waals surface area contributed by atoms with E-state index in [9.17, 15) is 60.7 Å². The first-order valence-electron chi connectivity index (χ1n) is 13.2. The van der Waals surface area contributed by atoms with Crippen LogP contribution < -0.4 is 0 Å². The summed E-state index contributed by atoms with van der Waals surface area (Å²) in [6, 6.07) is 2.79. The van der Waals surface area contributed by atoms with Gasteiger partial charge in [-0.15, -0.1) is 0 Å². The van der Waals surface area contributed by atoms with Gasteiger partial charge in [0, 0.05) is 0 Å². The fraction of sp³-hybridized carbons (Fsp3) is 0.0769. The van der Waals surface area contributed by atoms with Crippen molar-refractivity contribution in [3.8, 4) is 0 Å². The fourth-order valence-corrected chi connectivity index (χ4v) is 11.6. The van der Waals surface area contributed by atoms with E-state index in [-0.39, 0.29) is 11.1 Å². The van der Waals surface area contributed by atoms with Crippen molar-refractivity contribution in [2.24, 2.45) is 0 Å². The number of rotatable bonds is 6. The Kier molecular flexibility index (Phi) is 16.6.